The molecule has 0 saturated carbocycles. The fourth-order valence-corrected chi connectivity index (χ4v) is 9.25. The van der Waals surface area contributed by atoms with Crippen molar-refractivity contribution < 1.29 is 33.4 Å². The summed E-state index contributed by atoms with van der Waals surface area (Å²) in [7, 11) is -4.46. The third kappa shape index (κ3) is 5.54. The SMILES string of the molecule is C[C@H](N)C(=O)N1CCC[C@]1(C(=O)O)P(=O)(CC(Cc1ccccc1)N1C(=O)c2ccccc2C1=O)OCc1ccccc1. The lowest BCUT2D eigenvalue weighted by Gasteiger charge is -2.42. The van der Waals surface area contributed by atoms with E-state index in [4.69, 9.17) is 10.3 Å². The van der Waals surface area contributed by atoms with Gasteiger partial charge in [0.15, 0.2) is 0 Å². The monoisotopic (exact) mass is 603 g/mol. The van der Waals surface area contributed by atoms with Crippen LogP contribution in [0.3, 0.4) is 0 Å². The van der Waals surface area contributed by atoms with Crippen LogP contribution in [-0.4, -0.2) is 68.7 Å². The molecule has 3 aromatic carbocycles. The number of carboxylic acids is 1. The average Bonchev–Trinajstić information content (AvgIpc) is 3.57. The fraction of sp³-hybridized carbons (Fsp3) is 0.312. The molecule has 0 radical (unpaired) electrons. The van der Waals surface area contributed by atoms with Gasteiger partial charge in [-0.1, -0.05) is 72.8 Å². The van der Waals surface area contributed by atoms with E-state index >= 15 is 4.57 Å². The number of nitrogens with zero attached hydrogens (tertiary/aromatic N) is 2. The lowest BCUT2D eigenvalue weighted by Crippen LogP contribution is -2.58. The van der Waals surface area contributed by atoms with Crippen molar-refractivity contribution in [2.24, 2.45) is 5.73 Å². The van der Waals surface area contributed by atoms with Crippen molar-refractivity contribution >= 4 is 31.1 Å². The van der Waals surface area contributed by atoms with Crippen LogP contribution in [0, 0.1) is 0 Å². The number of aliphatic carboxylic acids is 1. The third-order valence-corrected chi connectivity index (χ3v) is 11.4. The predicted octanol–water partition coefficient (Wildman–Crippen LogP) is 4.14. The summed E-state index contributed by atoms with van der Waals surface area (Å²) in [6.45, 7) is 1.27. The Balaban J connectivity index is 1.63. The molecule has 0 spiro atoms. The highest BCUT2D eigenvalue weighted by Gasteiger charge is 2.64. The van der Waals surface area contributed by atoms with Crippen LogP contribution in [0.5, 0.6) is 0 Å². The maximum Gasteiger partial charge on any atom is 0.339 e. The van der Waals surface area contributed by atoms with Crippen LogP contribution >= 0.6 is 7.37 Å². The van der Waals surface area contributed by atoms with Crippen LogP contribution < -0.4 is 5.73 Å². The number of hydrogen-bond acceptors (Lipinski definition) is 7. The van der Waals surface area contributed by atoms with E-state index in [-0.39, 0.29) is 43.5 Å². The van der Waals surface area contributed by atoms with Crippen LogP contribution in [0.15, 0.2) is 84.9 Å². The van der Waals surface area contributed by atoms with Gasteiger partial charge in [0, 0.05) is 12.7 Å². The fourth-order valence-electron chi connectivity index (χ4n) is 6.07. The summed E-state index contributed by atoms with van der Waals surface area (Å²) in [6, 6.07) is 22.3. The molecule has 0 aromatic heterocycles. The molecule has 1 fully saturated rings. The topological polar surface area (TPSA) is 147 Å². The van der Waals surface area contributed by atoms with Crippen molar-refractivity contribution in [2.75, 3.05) is 12.7 Å². The summed E-state index contributed by atoms with van der Waals surface area (Å²) < 4.78 is 21.6. The number of fused-ring (bicyclic) bond motifs is 1. The van der Waals surface area contributed by atoms with Gasteiger partial charge in [0.2, 0.25) is 18.6 Å². The van der Waals surface area contributed by atoms with Crippen LogP contribution in [-0.2, 0) is 31.7 Å². The van der Waals surface area contributed by atoms with Gasteiger partial charge in [0.05, 0.1) is 29.8 Å². The second-order valence-electron chi connectivity index (χ2n) is 11.0. The molecule has 3 N–H and O–H groups in total. The molecule has 43 heavy (non-hydrogen) atoms. The molecule has 4 atom stereocenters. The Morgan fingerprint density at radius 2 is 1.47 bits per heavy atom. The molecule has 2 aliphatic heterocycles. The van der Waals surface area contributed by atoms with Crippen LogP contribution in [0.4, 0.5) is 0 Å². The summed E-state index contributed by atoms with van der Waals surface area (Å²) >= 11 is 0. The third-order valence-electron chi connectivity index (χ3n) is 8.15. The van der Waals surface area contributed by atoms with Gasteiger partial charge in [-0.05, 0) is 49.4 Å². The number of carbonyl (C=O) groups excluding carboxylic acids is 3. The van der Waals surface area contributed by atoms with Gasteiger partial charge < -0.3 is 20.3 Å². The van der Waals surface area contributed by atoms with E-state index in [9.17, 15) is 24.3 Å². The molecule has 2 aliphatic rings. The summed E-state index contributed by atoms with van der Waals surface area (Å²) in [4.78, 5) is 56.1. The van der Waals surface area contributed by atoms with E-state index in [1.54, 1.807) is 66.7 Å². The number of carbonyl (C=O) groups is 4. The number of imide groups is 1. The normalized spacial score (nSPS) is 20.9. The van der Waals surface area contributed by atoms with Gasteiger partial charge in [-0.3, -0.25) is 23.8 Å². The molecule has 11 heteroatoms. The lowest BCUT2D eigenvalue weighted by molar-refractivity contribution is -0.152. The molecule has 0 bridgehead atoms. The highest BCUT2D eigenvalue weighted by molar-refractivity contribution is 7.61. The molecule has 2 heterocycles. The van der Waals surface area contributed by atoms with E-state index in [0.717, 1.165) is 15.4 Å². The van der Waals surface area contributed by atoms with Crippen LogP contribution in [0.2, 0.25) is 0 Å². The minimum Gasteiger partial charge on any atom is -0.479 e. The minimum atomic E-state index is -4.46. The van der Waals surface area contributed by atoms with E-state index < -0.39 is 54.6 Å². The Morgan fingerprint density at radius 1 is 0.930 bits per heavy atom. The van der Waals surface area contributed by atoms with Gasteiger partial charge in [-0.25, -0.2) is 4.79 Å². The van der Waals surface area contributed by atoms with Crippen molar-refractivity contribution in [3.8, 4) is 0 Å². The van der Waals surface area contributed by atoms with Gasteiger partial charge >= 0.3 is 5.97 Å². The number of likely N-dealkylation sites (tertiary alicyclic amines) is 1. The Hall–Kier alpha value is -4.11. The molecule has 3 aromatic rings. The molecule has 0 aliphatic carbocycles. The molecule has 1 saturated heterocycles. The summed E-state index contributed by atoms with van der Waals surface area (Å²) in [5.41, 5.74) is 7.75. The second-order valence-corrected chi connectivity index (χ2v) is 13.7. The first-order valence-corrected chi connectivity index (χ1v) is 16.0. The zero-order chi connectivity index (χ0) is 30.8. The van der Waals surface area contributed by atoms with E-state index in [0.29, 0.717) is 5.56 Å². The summed E-state index contributed by atoms with van der Waals surface area (Å²) in [5.74, 6) is -3.26. The Labute approximate surface area is 249 Å². The quantitative estimate of drug-likeness (QED) is 0.246. The number of hydrogen-bond donors (Lipinski definition) is 2. The minimum absolute atomic E-state index is 0.0295. The first-order chi connectivity index (χ1) is 20.6. The van der Waals surface area contributed by atoms with Crippen molar-refractivity contribution in [1.29, 1.82) is 0 Å². The molecular weight excluding hydrogens is 569 g/mol. The lowest BCUT2D eigenvalue weighted by atomic mass is 10.1. The van der Waals surface area contributed by atoms with E-state index in [1.807, 2.05) is 18.2 Å². The largest absolute Gasteiger partial charge is 0.479 e. The number of rotatable bonds is 11. The van der Waals surface area contributed by atoms with Crippen molar-refractivity contribution in [3.63, 3.8) is 0 Å². The standard InChI is InChI=1S/C32H34N3O7P/c1-22(33)28(36)34-18-10-17-32(34,31(39)40)43(41,42-20-24-13-6-3-7-14-24)21-25(19-23-11-4-2-5-12-23)35-29(37)26-15-8-9-16-27(26)30(35)38/h2-9,11-16,22,25H,10,17-21,33H2,1H3,(H,39,40)/t22-,25?,32+,43?/m0/s1. The summed E-state index contributed by atoms with van der Waals surface area (Å²) in [5, 5.41) is 8.54. The van der Waals surface area contributed by atoms with Crippen LogP contribution in [0.1, 0.15) is 51.6 Å². The molecule has 2 unspecified atom stereocenters. The van der Waals surface area contributed by atoms with Gasteiger partial charge in [-0.15, -0.1) is 0 Å². The molecular formula is C32H34N3O7P. The zero-order valence-corrected chi connectivity index (χ0v) is 24.7. The first-order valence-electron chi connectivity index (χ1n) is 14.2. The highest BCUT2D eigenvalue weighted by Crippen LogP contribution is 2.65. The Bertz CT molecular complexity index is 1550. The predicted molar refractivity (Wildman–Crippen MR) is 160 cm³/mol. The van der Waals surface area contributed by atoms with Crippen molar-refractivity contribution in [2.45, 2.75) is 50.2 Å². The van der Waals surface area contributed by atoms with Crippen LogP contribution in [0.25, 0.3) is 0 Å². The van der Waals surface area contributed by atoms with Gasteiger partial charge in [-0.2, -0.15) is 0 Å². The molecule has 10 nitrogen and oxygen atoms in total. The van der Waals surface area contributed by atoms with Crippen molar-refractivity contribution in [3.05, 3.63) is 107 Å². The van der Waals surface area contributed by atoms with E-state index in [1.165, 1.54) is 6.92 Å². The molecule has 5 rings (SSSR count). The number of nitrogens with two attached hydrogens (primary N) is 1. The maximum absolute atomic E-state index is 15.4. The first kappa shape index (κ1) is 30.4. The Kier molecular flexibility index (Phi) is 8.64. The highest BCUT2D eigenvalue weighted by atomic mass is 31.2. The molecule has 3 amide bonds. The average molecular weight is 604 g/mol. The second kappa shape index (κ2) is 12.2. The number of benzene rings is 3. The van der Waals surface area contributed by atoms with Crippen molar-refractivity contribution in [1.82, 2.24) is 9.80 Å². The zero-order valence-electron chi connectivity index (χ0n) is 23.8. The van der Waals surface area contributed by atoms with E-state index in [2.05, 4.69) is 0 Å². The maximum atomic E-state index is 15.4. The molecule has 224 valence electrons. The van der Waals surface area contributed by atoms with Gasteiger partial charge in [0.25, 0.3) is 11.8 Å². The Morgan fingerprint density at radius 3 is 2.00 bits per heavy atom. The van der Waals surface area contributed by atoms with Gasteiger partial charge in [0.1, 0.15) is 0 Å². The summed E-state index contributed by atoms with van der Waals surface area (Å²) in [6.07, 6.45) is -0.246. The number of carboxylic acid groups (broad SMARTS) is 1. The smallest absolute Gasteiger partial charge is 0.339 e. The number of amides is 3.